The van der Waals surface area contributed by atoms with Crippen LogP contribution in [0.3, 0.4) is 0 Å². The number of amides is 1. The van der Waals surface area contributed by atoms with E-state index < -0.39 is 6.09 Å². The van der Waals surface area contributed by atoms with Crippen LogP contribution in [0.2, 0.25) is 0 Å². The van der Waals surface area contributed by atoms with Gasteiger partial charge in [0, 0.05) is 68.2 Å². The number of nitrogens with one attached hydrogen (secondary N) is 1. The normalized spacial score (nSPS) is 17.3. The molecule has 1 aliphatic carbocycles. The molecule has 2 aromatic rings. The van der Waals surface area contributed by atoms with Crippen LogP contribution in [-0.2, 0) is 5.41 Å². The van der Waals surface area contributed by atoms with Gasteiger partial charge in [-0.1, -0.05) is 27.2 Å². The van der Waals surface area contributed by atoms with Crippen molar-refractivity contribution < 1.29 is 9.53 Å². The number of rotatable bonds is 8. The summed E-state index contributed by atoms with van der Waals surface area (Å²) in [5.74, 6) is 2.86. The summed E-state index contributed by atoms with van der Waals surface area (Å²) in [6, 6.07) is 2.24. The van der Waals surface area contributed by atoms with E-state index in [1.54, 1.807) is 0 Å². The predicted molar refractivity (Wildman–Crippen MR) is 131 cm³/mol. The van der Waals surface area contributed by atoms with Gasteiger partial charge in [-0.25, -0.2) is 19.7 Å². The Morgan fingerprint density at radius 2 is 1.91 bits per heavy atom. The van der Waals surface area contributed by atoms with Crippen LogP contribution >= 0.6 is 0 Å². The molecule has 0 aromatic carbocycles. The van der Waals surface area contributed by atoms with E-state index in [0.29, 0.717) is 12.5 Å². The first-order valence-corrected chi connectivity index (χ1v) is 12.5. The van der Waals surface area contributed by atoms with Crippen molar-refractivity contribution in [2.75, 3.05) is 44.2 Å². The molecular weight excluding hydrogens is 430 g/mol. The largest absolute Gasteiger partial charge is 0.413 e. The van der Waals surface area contributed by atoms with Crippen LogP contribution in [0.15, 0.2) is 24.7 Å². The summed E-state index contributed by atoms with van der Waals surface area (Å²) in [4.78, 5) is 34.4. The van der Waals surface area contributed by atoms with Gasteiger partial charge in [-0.2, -0.15) is 0 Å². The Kier molecular flexibility index (Phi) is 7.92. The van der Waals surface area contributed by atoms with Crippen LogP contribution in [0.25, 0.3) is 0 Å². The second-order valence-electron chi connectivity index (χ2n) is 10.2. The lowest BCUT2D eigenvalue weighted by Crippen LogP contribution is -2.47. The van der Waals surface area contributed by atoms with Crippen LogP contribution < -0.4 is 15.0 Å². The average molecular weight is 468 g/mol. The minimum absolute atomic E-state index is 0.0503. The van der Waals surface area contributed by atoms with Crippen molar-refractivity contribution in [3.63, 3.8) is 0 Å². The third-order valence-corrected chi connectivity index (χ3v) is 6.53. The Morgan fingerprint density at radius 3 is 2.56 bits per heavy atom. The van der Waals surface area contributed by atoms with Crippen molar-refractivity contribution in [1.82, 2.24) is 30.2 Å². The van der Waals surface area contributed by atoms with Gasteiger partial charge in [0.1, 0.15) is 11.6 Å². The highest BCUT2D eigenvalue weighted by atomic mass is 16.6. The predicted octanol–water partition coefficient (Wildman–Crippen LogP) is 3.52. The number of unbranched alkanes of at least 4 members (excludes halogenated alkanes) is 1. The third-order valence-electron chi connectivity index (χ3n) is 6.53. The van der Waals surface area contributed by atoms with Gasteiger partial charge in [0.25, 0.3) is 0 Å². The van der Waals surface area contributed by atoms with Crippen molar-refractivity contribution in [2.45, 2.75) is 64.2 Å². The number of piperazine rings is 1. The summed E-state index contributed by atoms with van der Waals surface area (Å²) >= 11 is 0. The van der Waals surface area contributed by atoms with Crippen molar-refractivity contribution >= 4 is 11.9 Å². The maximum Gasteiger partial charge on any atom is 0.413 e. The number of carbonyl (C=O) groups excluding carboxylic acids is 1. The summed E-state index contributed by atoms with van der Waals surface area (Å²) < 4.78 is 5.08. The van der Waals surface area contributed by atoms with Gasteiger partial charge in [0.05, 0.1) is 6.20 Å². The maximum atomic E-state index is 11.8. The van der Waals surface area contributed by atoms with Gasteiger partial charge in [-0.15, -0.1) is 0 Å². The lowest BCUT2D eigenvalue weighted by molar-refractivity contribution is 0.197. The number of aromatic nitrogens is 4. The molecule has 2 aliphatic rings. The molecular formula is C25H37N7O2. The van der Waals surface area contributed by atoms with Gasteiger partial charge in [-0.05, 0) is 32.2 Å². The molecule has 1 N–H and O–H groups in total. The molecule has 34 heavy (non-hydrogen) atoms. The van der Waals surface area contributed by atoms with Crippen molar-refractivity contribution in [3.05, 3.63) is 36.2 Å². The highest BCUT2D eigenvalue weighted by molar-refractivity contribution is 5.69. The molecule has 2 aromatic heterocycles. The zero-order valence-electron chi connectivity index (χ0n) is 20.7. The molecule has 1 aliphatic heterocycles. The SMILES string of the molecule is CC(C)(C)c1nc(C2CCC2)cc(N2CCN(CCCCNC(=O)Oc3cnccn3)CC2)n1. The van der Waals surface area contributed by atoms with Crippen LogP contribution in [0, 0.1) is 0 Å². The van der Waals surface area contributed by atoms with Crippen LogP contribution in [0.1, 0.15) is 70.3 Å². The summed E-state index contributed by atoms with van der Waals surface area (Å²) in [6.45, 7) is 12.2. The van der Waals surface area contributed by atoms with Crippen molar-refractivity contribution in [2.24, 2.45) is 0 Å². The number of ether oxygens (including phenoxy) is 1. The molecule has 0 spiro atoms. The van der Waals surface area contributed by atoms with E-state index in [0.717, 1.165) is 57.2 Å². The number of hydrogen-bond donors (Lipinski definition) is 1. The van der Waals surface area contributed by atoms with Crippen LogP contribution in [0.5, 0.6) is 5.88 Å². The topological polar surface area (TPSA) is 96.4 Å². The zero-order valence-corrected chi connectivity index (χ0v) is 20.7. The first-order chi connectivity index (χ1) is 16.4. The average Bonchev–Trinajstić information content (AvgIpc) is 2.78. The molecule has 1 amide bonds. The second kappa shape index (κ2) is 11.1. The Labute approximate surface area is 202 Å². The first-order valence-electron chi connectivity index (χ1n) is 12.5. The molecule has 9 nitrogen and oxygen atoms in total. The number of nitrogens with zero attached hydrogens (tertiary/aromatic N) is 6. The van der Waals surface area contributed by atoms with Crippen LogP contribution in [-0.4, -0.2) is 70.2 Å². The zero-order chi connectivity index (χ0) is 24.0. The van der Waals surface area contributed by atoms with E-state index in [2.05, 4.69) is 51.9 Å². The number of anilines is 1. The minimum atomic E-state index is -0.491. The highest BCUT2D eigenvalue weighted by Crippen LogP contribution is 2.37. The standard InChI is InChI=1S/C25H37N7O2/c1-25(2,3)23-29-20(19-7-6-8-19)17-21(30-23)32-15-13-31(14-16-32)12-5-4-9-28-24(33)34-22-18-26-10-11-27-22/h10-11,17-19H,4-9,12-16H2,1-3H3,(H,28,33). The molecule has 184 valence electrons. The number of carbonyl (C=O) groups is 1. The smallest absolute Gasteiger partial charge is 0.390 e. The van der Waals surface area contributed by atoms with Gasteiger partial charge in [0.15, 0.2) is 0 Å². The molecule has 1 saturated carbocycles. The third kappa shape index (κ3) is 6.62. The summed E-state index contributed by atoms with van der Waals surface area (Å²) in [6.07, 6.45) is 9.69. The molecule has 4 rings (SSSR count). The molecule has 1 saturated heterocycles. The van der Waals surface area contributed by atoms with E-state index in [1.165, 1.54) is 43.5 Å². The Balaban J connectivity index is 1.19. The first kappa shape index (κ1) is 24.3. The van der Waals surface area contributed by atoms with E-state index in [4.69, 9.17) is 14.7 Å². The molecule has 0 atom stereocenters. The van der Waals surface area contributed by atoms with E-state index in [1.807, 2.05) is 0 Å². The molecule has 9 heteroatoms. The lowest BCUT2D eigenvalue weighted by Gasteiger charge is -2.36. The quantitative estimate of drug-likeness (QED) is 0.589. The van der Waals surface area contributed by atoms with Crippen LogP contribution in [0.4, 0.5) is 10.6 Å². The van der Waals surface area contributed by atoms with Gasteiger partial charge in [-0.3, -0.25) is 9.88 Å². The minimum Gasteiger partial charge on any atom is -0.390 e. The summed E-state index contributed by atoms with van der Waals surface area (Å²) in [5, 5.41) is 2.77. The monoisotopic (exact) mass is 467 g/mol. The van der Waals surface area contributed by atoms with Crippen molar-refractivity contribution in [1.29, 1.82) is 0 Å². The second-order valence-corrected chi connectivity index (χ2v) is 10.2. The Bertz CT molecular complexity index is 936. The fourth-order valence-electron chi connectivity index (χ4n) is 4.18. The molecule has 3 heterocycles. The molecule has 0 bridgehead atoms. The van der Waals surface area contributed by atoms with Crippen molar-refractivity contribution in [3.8, 4) is 5.88 Å². The van der Waals surface area contributed by atoms with Gasteiger partial charge < -0.3 is 15.0 Å². The van der Waals surface area contributed by atoms with Gasteiger partial charge >= 0.3 is 6.09 Å². The molecule has 0 radical (unpaired) electrons. The van der Waals surface area contributed by atoms with E-state index in [9.17, 15) is 4.79 Å². The lowest BCUT2D eigenvalue weighted by atomic mass is 9.82. The number of hydrogen-bond acceptors (Lipinski definition) is 8. The molecule has 2 fully saturated rings. The fourth-order valence-corrected chi connectivity index (χ4v) is 4.18. The summed E-state index contributed by atoms with van der Waals surface area (Å²) in [5.41, 5.74) is 1.18. The highest BCUT2D eigenvalue weighted by Gasteiger charge is 2.27. The maximum absolute atomic E-state index is 11.8. The molecule has 0 unspecified atom stereocenters. The Morgan fingerprint density at radius 1 is 1.12 bits per heavy atom. The van der Waals surface area contributed by atoms with E-state index in [-0.39, 0.29) is 11.3 Å². The summed E-state index contributed by atoms with van der Waals surface area (Å²) in [7, 11) is 0. The fraction of sp³-hybridized carbons (Fsp3) is 0.640. The van der Waals surface area contributed by atoms with Gasteiger partial charge in [0.2, 0.25) is 5.88 Å². The Hall–Kier alpha value is -2.81. The van der Waals surface area contributed by atoms with E-state index >= 15 is 0 Å².